The van der Waals surface area contributed by atoms with Crippen molar-refractivity contribution in [3.05, 3.63) is 24.7 Å². The molecule has 1 aliphatic heterocycles. The van der Waals surface area contributed by atoms with Gasteiger partial charge in [0.1, 0.15) is 18.7 Å². The quantitative estimate of drug-likeness (QED) is 0.708. The first-order valence-corrected chi connectivity index (χ1v) is 10.5. The van der Waals surface area contributed by atoms with Gasteiger partial charge in [-0.05, 0) is 37.7 Å². The maximum Gasteiger partial charge on any atom is 0.158 e. The number of rotatable bonds is 7. The van der Waals surface area contributed by atoms with Crippen molar-refractivity contribution < 1.29 is 19.0 Å². The fourth-order valence-corrected chi connectivity index (χ4v) is 4.31. The highest BCUT2D eigenvalue weighted by molar-refractivity contribution is 5.88. The van der Waals surface area contributed by atoms with E-state index in [4.69, 9.17) is 14.2 Å². The van der Waals surface area contributed by atoms with Crippen LogP contribution in [0.2, 0.25) is 0 Å². The molecule has 2 aliphatic rings. The smallest absolute Gasteiger partial charge is 0.158 e. The van der Waals surface area contributed by atoms with E-state index in [0.29, 0.717) is 12.3 Å². The highest BCUT2D eigenvalue weighted by atomic mass is 16.5. The molecule has 0 amide bonds. The third-order valence-electron chi connectivity index (χ3n) is 5.86. The van der Waals surface area contributed by atoms with Crippen LogP contribution in [0.1, 0.15) is 32.1 Å². The average Bonchev–Trinajstić information content (AvgIpc) is 2.76. The Morgan fingerprint density at radius 3 is 2.76 bits per heavy atom. The number of Topliss-reactive ketones (excluding diaryl/α,β-unsaturated/α-hetero) is 1. The van der Waals surface area contributed by atoms with Crippen LogP contribution in [0.25, 0.3) is 10.9 Å². The maximum atomic E-state index is 11.8. The van der Waals surface area contributed by atoms with Gasteiger partial charge >= 0.3 is 0 Å². The van der Waals surface area contributed by atoms with Crippen molar-refractivity contribution in [3.8, 4) is 5.75 Å². The monoisotopic (exact) mass is 399 g/mol. The molecule has 2 heterocycles. The zero-order chi connectivity index (χ0) is 20.1. The molecule has 7 nitrogen and oxygen atoms in total. The first-order valence-electron chi connectivity index (χ1n) is 10.5. The Kier molecular flexibility index (Phi) is 6.56. The zero-order valence-electron chi connectivity index (χ0n) is 17.0. The topological polar surface area (TPSA) is 73.8 Å². The van der Waals surface area contributed by atoms with Crippen molar-refractivity contribution in [2.24, 2.45) is 5.92 Å². The number of aromatic nitrogens is 2. The van der Waals surface area contributed by atoms with Crippen LogP contribution in [0.5, 0.6) is 5.75 Å². The van der Waals surface area contributed by atoms with E-state index in [9.17, 15) is 4.79 Å². The lowest BCUT2D eigenvalue weighted by Gasteiger charge is -2.31. The summed E-state index contributed by atoms with van der Waals surface area (Å²) in [5.41, 5.74) is 2.02. The van der Waals surface area contributed by atoms with Crippen molar-refractivity contribution in [2.45, 2.75) is 38.2 Å². The second-order valence-corrected chi connectivity index (χ2v) is 7.94. The summed E-state index contributed by atoms with van der Waals surface area (Å²) in [6.45, 7) is 3.44. The molecule has 0 N–H and O–H groups in total. The van der Waals surface area contributed by atoms with Gasteiger partial charge in [0.2, 0.25) is 0 Å². The van der Waals surface area contributed by atoms with E-state index in [0.717, 1.165) is 74.3 Å². The number of carbonyl (C=O) groups is 1. The van der Waals surface area contributed by atoms with Gasteiger partial charge in [-0.2, -0.15) is 0 Å². The molecule has 0 unspecified atom stereocenters. The molecule has 1 aromatic carbocycles. The molecule has 1 aromatic heterocycles. The van der Waals surface area contributed by atoms with Gasteiger partial charge in [0.25, 0.3) is 0 Å². The number of morpholine rings is 1. The number of benzene rings is 1. The number of fused-ring (bicyclic) bond motifs is 1. The number of methoxy groups -OCH3 is 1. The van der Waals surface area contributed by atoms with Crippen molar-refractivity contribution in [2.75, 3.05) is 44.9 Å². The van der Waals surface area contributed by atoms with Gasteiger partial charge in [-0.15, -0.1) is 0 Å². The van der Waals surface area contributed by atoms with Crippen LogP contribution in [0.4, 0.5) is 5.69 Å². The number of hydrogen-bond acceptors (Lipinski definition) is 7. The van der Waals surface area contributed by atoms with Crippen molar-refractivity contribution in [3.63, 3.8) is 0 Å². The summed E-state index contributed by atoms with van der Waals surface area (Å²) in [5.74, 6) is 1.49. The van der Waals surface area contributed by atoms with E-state index in [1.807, 2.05) is 6.20 Å². The third-order valence-corrected chi connectivity index (χ3v) is 5.86. The largest absolute Gasteiger partial charge is 0.490 e. The van der Waals surface area contributed by atoms with Crippen molar-refractivity contribution >= 4 is 22.4 Å². The minimum absolute atomic E-state index is 0.159. The fraction of sp³-hybridized carbons (Fsp3) is 0.591. The molecule has 1 saturated carbocycles. The molecule has 29 heavy (non-hydrogen) atoms. The molecular formula is C22H29N3O4. The number of ketones is 1. The highest BCUT2D eigenvalue weighted by Crippen LogP contribution is 2.35. The van der Waals surface area contributed by atoms with Gasteiger partial charge in [-0.1, -0.05) is 0 Å². The van der Waals surface area contributed by atoms with Crippen LogP contribution in [0, 0.1) is 5.92 Å². The van der Waals surface area contributed by atoms with E-state index in [-0.39, 0.29) is 18.5 Å². The van der Waals surface area contributed by atoms with Gasteiger partial charge in [-0.25, -0.2) is 9.97 Å². The average molecular weight is 399 g/mol. The standard InChI is InChI=1S/C22H29N3O4/c1-27-14-18(26)10-16-2-4-19(5-3-16)29-22-12-17(25-6-8-28-9-7-25)11-21-20(22)13-23-15-24-21/h11-13,15-16,19H,2-10,14H2,1H3. The summed E-state index contributed by atoms with van der Waals surface area (Å²) in [6.07, 6.45) is 8.13. The molecule has 7 heteroatoms. The second-order valence-electron chi connectivity index (χ2n) is 7.94. The summed E-state index contributed by atoms with van der Waals surface area (Å²) in [4.78, 5) is 22.8. The summed E-state index contributed by atoms with van der Waals surface area (Å²) >= 11 is 0. The lowest BCUT2D eigenvalue weighted by molar-refractivity contribution is -0.123. The van der Waals surface area contributed by atoms with Gasteiger partial charge < -0.3 is 19.1 Å². The van der Waals surface area contributed by atoms with Crippen LogP contribution in [0.15, 0.2) is 24.7 Å². The molecule has 4 rings (SSSR count). The first-order chi connectivity index (χ1) is 14.2. The Balaban J connectivity index is 1.45. The summed E-state index contributed by atoms with van der Waals surface area (Å²) in [7, 11) is 1.57. The molecule has 0 atom stereocenters. The van der Waals surface area contributed by atoms with Crippen LogP contribution in [-0.2, 0) is 14.3 Å². The Morgan fingerprint density at radius 1 is 1.21 bits per heavy atom. The maximum absolute atomic E-state index is 11.8. The molecule has 1 saturated heterocycles. The zero-order valence-corrected chi connectivity index (χ0v) is 17.0. The van der Waals surface area contributed by atoms with Crippen molar-refractivity contribution in [1.82, 2.24) is 9.97 Å². The van der Waals surface area contributed by atoms with E-state index >= 15 is 0 Å². The number of anilines is 1. The van der Waals surface area contributed by atoms with Gasteiger partial charge in [0.15, 0.2) is 5.78 Å². The number of carbonyl (C=O) groups excluding carboxylic acids is 1. The van der Waals surface area contributed by atoms with Gasteiger partial charge in [-0.3, -0.25) is 4.79 Å². The molecule has 0 radical (unpaired) electrons. The van der Waals surface area contributed by atoms with Crippen molar-refractivity contribution in [1.29, 1.82) is 0 Å². The van der Waals surface area contributed by atoms with Crippen LogP contribution >= 0.6 is 0 Å². The molecular weight excluding hydrogens is 370 g/mol. The van der Waals surface area contributed by atoms with E-state index in [2.05, 4.69) is 27.0 Å². The molecule has 2 fully saturated rings. The molecule has 2 aromatic rings. The SMILES string of the molecule is COCC(=O)CC1CCC(Oc2cc(N3CCOCC3)cc3ncncc23)CC1. The summed E-state index contributed by atoms with van der Waals surface area (Å²) < 4.78 is 16.9. The number of hydrogen-bond donors (Lipinski definition) is 0. The van der Waals surface area contributed by atoms with Crippen LogP contribution < -0.4 is 9.64 Å². The lowest BCUT2D eigenvalue weighted by Crippen LogP contribution is -2.36. The minimum atomic E-state index is 0.159. The minimum Gasteiger partial charge on any atom is -0.490 e. The first kappa shape index (κ1) is 20.0. The van der Waals surface area contributed by atoms with Crippen LogP contribution in [-0.4, -0.2) is 61.9 Å². The Morgan fingerprint density at radius 2 is 2.00 bits per heavy atom. The Hall–Kier alpha value is -2.25. The predicted molar refractivity (Wildman–Crippen MR) is 110 cm³/mol. The number of ether oxygens (including phenoxy) is 3. The predicted octanol–water partition coefficient (Wildman–Crippen LogP) is 3.01. The Bertz CT molecular complexity index is 830. The van der Waals surface area contributed by atoms with E-state index < -0.39 is 0 Å². The highest BCUT2D eigenvalue weighted by Gasteiger charge is 2.25. The molecule has 156 valence electrons. The Labute approximate surface area is 171 Å². The fourth-order valence-electron chi connectivity index (χ4n) is 4.31. The molecule has 0 bridgehead atoms. The summed E-state index contributed by atoms with van der Waals surface area (Å²) in [5, 5.41) is 0.946. The van der Waals surface area contributed by atoms with E-state index in [1.165, 1.54) is 0 Å². The summed E-state index contributed by atoms with van der Waals surface area (Å²) in [6, 6.07) is 4.22. The van der Waals surface area contributed by atoms with Gasteiger partial charge in [0, 0.05) is 44.6 Å². The number of nitrogens with zero attached hydrogens (tertiary/aromatic N) is 3. The molecule has 0 spiro atoms. The molecule has 1 aliphatic carbocycles. The lowest BCUT2D eigenvalue weighted by atomic mass is 9.84. The van der Waals surface area contributed by atoms with Gasteiger partial charge in [0.05, 0.1) is 30.2 Å². The van der Waals surface area contributed by atoms with E-state index in [1.54, 1.807) is 13.4 Å². The van der Waals surface area contributed by atoms with Crippen LogP contribution in [0.3, 0.4) is 0 Å². The second kappa shape index (κ2) is 9.50. The normalized spacial score (nSPS) is 22.6. The third kappa shape index (κ3) is 5.03.